The minimum atomic E-state index is -1.11. The number of carbonyl (C=O) groups is 3. The van der Waals surface area contributed by atoms with Crippen LogP contribution in [0.2, 0.25) is 0 Å². The zero-order valence-electron chi connectivity index (χ0n) is 12.3. The second-order valence-electron chi connectivity index (χ2n) is 4.12. The molecule has 0 saturated carbocycles. The summed E-state index contributed by atoms with van der Waals surface area (Å²) in [5.41, 5.74) is 5.17. The molecule has 0 aliphatic heterocycles. The van der Waals surface area contributed by atoms with E-state index in [4.69, 9.17) is 15.9 Å². The van der Waals surface area contributed by atoms with E-state index in [9.17, 15) is 14.4 Å². The van der Waals surface area contributed by atoms with Crippen molar-refractivity contribution in [3.63, 3.8) is 0 Å². The first-order valence-corrected chi connectivity index (χ1v) is 7.67. The Morgan fingerprint density at radius 1 is 1.27 bits per heavy atom. The van der Waals surface area contributed by atoms with Crippen molar-refractivity contribution in [3.05, 3.63) is 29.8 Å². The molecule has 8 heteroatoms. The number of thioether (sulfide) groups is 1. The molecule has 7 nitrogen and oxygen atoms in total. The number of hydrogen-bond donors (Lipinski definition) is 3. The number of ether oxygens (including phenoxy) is 1. The Hall–Kier alpha value is -2.06. The summed E-state index contributed by atoms with van der Waals surface area (Å²) in [4.78, 5) is 31.3. The molecule has 0 saturated heterocycles. The smallest absolute Gasteiger partial charge is 0.339 e. The molecule has 0 aliphatic rings. The van der Waals surface area contributed by atoms with Crippen LogP contribution in [0.15, 0.2) is 24.3 Å². The van der Waals surface area contributed by atoms with Gasteiger partial charge in [0, 0.05) is 6.92 Å². The van der Waals surface area contributed by atoms with Crippen LogP contribution in [-0.4, -0.2) is 46.2 Å². The van der Waals surface area contributed by atoms with Crippen molar-refractivity contribution in [1.82, 2.24) is 0 Å². The van der Waals surface area contributed by atoms with Gasteiger partial charge in [-0.2, -0.15) is 11.8 Å². The van der Waals surface area contributed by atoms with E-state index in [2.05, 4.69) is 4.74 Å². The Morgan fingerprint density at radius 3 is 2.32 bits per heavy atom. The lowest BCUT2D eigenvalue weighted by Crippen LogP contribution is -2.30. The molecule has 1 aromatic carbocycles. The maximum absolute atomic E-state index is 10.6. The van der Waals surface area contributed by atoms with Crippen LogP contribution in [0.5, 0.6) is 5.75 Å². The summed E-state index contributed by atoms with van der Waals surface area (Å²) < 4.78 is 4.69. The number of carboxylic acid groups (broad SMARTS) is 2. The fourth-order valence-corrected chi connectivity index (χ4v) is 1.75. The van der Waals surface area contributed by atoms with Crippen LogP contribution in [0.3, 0.4) is 0 Å². The molecule has 1 rings (SSSR count). The molecule has 0 spiro atoms. The van der Waals surface area contributed by atoms with Crippen molar-refractivity contribution in [1.29, 1.82) is 0 Å². The first-order valence-electron chi connectivity index (χ1n) is 6.27. The van der Waals surface area contributed by atoms with E-state index in [1.807, 2.05) is 6.26 Å². The van der Waals surface area contributed by atoms with Gasteiger partial charge in [-0.05, 0) is 30.6 Å². The molecule has 22 heavy (non-hydrogen) atoms. The molecule has 0 radical (unpaired) electrons. The van der Waals surface area contributed by atoms with Crippen LogP contribution in [-0.2, 0) is 9.59 Å². The number of aromatic carboxylic acids is 1. The number of hydrogen-bond acceptors (Lipinski definition) is 6. The average Bonchev–Trinajstić information content (AvgIpc) is 2.45. The van der Waals surface area contributed by atoms with Crippen LogP contribution in [0.4, 0.5) is 0 Å². The van der Waals surface area contributed by atoms with Gasteiger partial charge in [-0.3, -0.25) is 9.59 Å². The molecule has 1 atom stereocenters. The highest BCUT2D eigenvalue weighted by Gasteiger charge is 2.11. The molecular formula is C14H19NO6S. The van der Waals surface area contributed by atoms with Crippen LogP contribution >= 0.6 is 11.8 Å². The van der Waals surface area contributed by atoms with E-state index in [0.29, 0.717) is 6.42 Å². The SMILES string of the molecule is CC(=O)Oc1ccccc1C(=O)O.CSCCC(N)C(=O)O. The Morgan fingerprint density at radius 2 is 1.86 bits per heavy atom. The lowest BCUT2D eigenvalue weighted by Gasteiger charge is -2.03. The van der Waals surface area contributed by atoms with Crippen molar-refractivity contribution in [2.45, 2.75) is 19.4 Å². The van der Waals surface area contributed by atoms with Crippen LogP contribution in [0.25, 0.3) is 0 Å². The van der Waals surface area contributed by atoms with Gasteiger partial charge in [0.25, 0.3) is 0 Å². The average molecular weight is 329 g/mol. The van der Waals surface area contributed by atoms with Crippen LogP contribution in [0, 0.1) is 0 Å². The van der Waals surface area contributed by atoms with E-state index in [1.165, 1.54) is 19.1 Å². The number of nitrogens with two attached hydrogens (primary N) is 1. The number of aliphatic carboxylic acids is 1. The third-order valence-electron chi connectivity index (χ3n) is 2.32. The van der Waals surface area contributed by atoms with Gasteiger partial charge in [0.15, 0.2) is 0 Å². The zero-order valence-corrected chi connectivity index (χ0v) is 13.1. The topological polar surface area (TPSA) is 127 Å². The second-order valence-corrected chi connectivity index (χ2v) is 5.11. The van der Waals surface area contributed by atoms with Gasteiger partial charge in [-0.1, -0.05) is 12.1 Å². The summed E-state index contributed by atoms with van der Waals surface area (Å²) in [7, 11) is 0. The van der Waals surface area contributed by atoms with Crippen molar-refractivity contribution in [3.8, 4) is 5.75 Å². The summed E-state index contributed by atoms with van der Waals surface area (Å²) >= 11 is 1.60. The summed E-state index contributed by atoms with van der Waals surface area (Å²) in [6.45, 7) is 1.22. The molecule has 1 aromatic rings. The number of benzene rings is 1. The minimum absolute atomic E-state index is 0.0160. The molecule has 0 fully saturated rings. The van der Waals surface area contributed by atoms with Crippen molar-refractivity contribution in [2.24, 2.45) is 5.73 Å². The summed E-state index contributed by atoms with van der Waals surface area (Å²) in [5, 5.41) is 17.0. The van der Waals surface area contributed by atoms with E-state index >= 15 is 0 Å². The lowest BCUT2D eigenvalue weighted by molar-refractivity contribution is -0.138. The van der Waals surface area contributed by atoms with Crippen molar-refractivity contribution >= 4 is 29.7 Å². The van der Waals surface area contributed by atoms with Gasteiger partial charge < -0.3 is 20.7 Å². The summed E-state index contributed by atoms with van der Waals surface area (Å²) in [6.07, 6.45) is 2.48. The van der Waals surface area contributed by atoms with Gasteiger partial charge in [-0.25, -0.2) is 4.79 Å². The number of rotatable bonds is 6. The molecule has 0 bridgehead atoms. The normalized spacial score (nSPS) is 10.9. The highest BCUT2D eigenvalue weighted by atomic mass is 32.2. The van der Waals surface area contributed by atoms with Gasteiger partial charge >= 0.3 is 17.9 Å². The first-order chi connectivity index (χ1) is 10.3. The molecule has 0 heterocycles. The van der Waals surface area contributed by atoms with E-state index in [0.717, 1.165) is 5.75 Å². The molecule has 0 amide bonds. The van der Waals surface area contributed by atoms with Crippen LogP contribution in [0.1, 0.15) is 23.7 Å². The highest BCUT2D eigenvalue weighted by Crippen LogP contribution is 2.17. The number of carbonyl (C=O) groups excluding carboxylic acids is 1. The van der Waals surface area contributed by atoms with Crippen LogP contribution < -0.4 is 10.5 Å². The highest BCUT2D eigenvalue weighted by molar-refractivity contribution is 7.98. The largest absolute Gasteiger partial charge is 0.480 e. The van der Waals surface area contributed by atoms with Gasteiger partial charge in [0.1, 0.15) is 17.4 Å². The quantitative estimate of drug-likeness (QED) is 0.529. The lowest BCUT2D eigenvalue weighted by atomic mass is 10.2. The predicted octanol–water partition coefficient (Wildman–Crippen LogP) is 1.46. The Balaban J connectivity index is 0.000000433. The van der Waals surface area contributed by atoms with E-state index < -0.39 is 23.9 Å². The number of esters is 1. The van der Waals surface area contributed by atoms with E-state index in [-0.39, 0.29) is 11.3 Å². The fraction of sp³-hybridized carbons (Fsp3) is 0.357. The summed E-state index contributed by atoms with van der Waals surface area (Å²) in [5.74, 6) is -1.68. The molecular weight excluding hydrogens is 310 g/mol. The molecule has 1 unspecified atom stereocenters. The zero-order chi connectivity index (χ0) is 17.1. The second kappa shape index (κ2) is 10.6. The fourth-order valence-electron chi connectivity index (χ4n) is 1.26. The molecule has 0 aromatic heterocycles. The number of carboxylic acids is 2. The molecule has 4 N–H and O–H groups in total. The maximum Gasteiger partial charge on any atom is 0.339 e. The summed E-state index contributed by atoms with van der Waals surface area (Å²) in [6, 6.07) is 5.30. The molecule has 0 aliphatic carbocycles. The van der Waals surface area contributed by atoms with Crippen molar-refractivity contribution in [2.75, 3.05) is 12.0 Å². The minimum Gasteiger partial charge on any atom is -0.480 e. The van der Waals surface area contributed by atoms with Gasteiger partial charge in [0.05, 0.1) is 0 Å². The van der Waals surface area contributed by atoms with E-state index in [1.54, 1.807) is 23.9 Å². The Kier molecular flexibility index (Phi) is 9.64. The predicted molar refractivity (Wildman–Crippen MR) is 83.3 cm³/mol. The first kappa shape index (κ1) is 19.9. The standard InChI is InChI=1S/C9H8O4.C5H11NO2S/c1-6(10)13-8-5-3-2-4-7(8)9(11)12;1-9-3-2-4(6)5(7)8/h2-5H,1H3,(H,11,12);4H,2-3,6H2,1H3,(H,7,8). The van der Waals surface area contributed by atoms with Gasteiger partial charge in [0.2, 0.25) is 0 Å². The number of para-hydroxylation sites is 1. The third kappa shape index (κ3) is 8.28. The Bertz CT molecular complexity index is 520. The molecule has 122 valence electrons. The third-order valence-corrected chi connectivity index (χ3v) is 2.97. The monoisotopic (exact) mass is 329 g/mol. The Labute approximate surface area is 132 Å². The van der Waals surface area contributed by atoms with Crippen molar-refractivity contribution < 1.29 is 29.3 Å². The maximum atomic E-state index is 10.6. The van der Waals surface area contributed by atoms with Gasteiger partial charge in [-0.15, -0.1) is 0 Å².